The summed E-state index contributed by atoms with van der Waals surface area (Å²) >= 11 is 0. The molecule has 0 saturated carbocycles. The number of benzene rings is 2. The van der Waals surface area contributed by atoms with Crippen LogP contribution in [0.3, 0.4) is 0 Å². The molecule has 206 valence electrons. The Balaban J connectivity index is 1.29. The van der Waals surface area contributed by atoms with Gasteiger partial charge in [-0.15, -0.1) is 0 Å². The van der Waals surface area contributed by atoms with Crippen molar-refractivity contribution in [1.82, 2.24) is 19.4 Å². The molecule has 2 aromatic heterocycles. The third-order valence-corrected chi connectivity index (χ3v) is 8.25. The minimum absolute atomic E-state index is 0.302. The number of sulfonamides is 1. The highest BCUT2D eigenvalue weighted by Crippen LogP contribution is 2.25. The molecule has 0 spiro atoms. The summed E-state index contributed by atoms with van der Waals surface area (Å²) in [5.74, 6) is 0.489. The Morgan fingerprint density at radius 1 is 1.05 bits per heavy atom. The van der Waals surface area contributed by atoms with Gasteiger partial charge in [-0.3, -0.25) is 9.21 Å². The van der Waals surface area contributed by atoms with Gasteiger partial charge in [-0.25, -0.2) is 13.4 Å². The van der Waals surface area contributed by atoms with E-state index in [1.165, 1.54) is 16.2 Å². The van der Waals surface area contributed by atoms with E-state index in [1.54, 1.807) is 13.2 Å². The van der Waals surface area contributed by atoms with Crippen LogP contribution in [0.1, 0.15) is 12.5 Å². The molecule has 2 N–H and O–H groups in total. The molecule has 0 bridgehead atoms. The lowest BCUT2D eigenvalue weighted by molar-refractivity contribution is 0.123. The van der Waals surface area contributed by atoms with Crippen LogP contribution in [0.15, 0.2) is 67.0 Å². The number of nitrogens with zero attached hydrogens (tertiary/aromatic N) is 6. The highest BCUT2D eigenvalue weighted by molar-refractivity contribution is 7.92. The van der Waals surface area contributed by atoms with Crippen molar-refractivity contribution in [2.45, 2.75) is 19.6 Å². The smallest absolute Gasteiger partial charge is 0.232 e. The maximum Gasteiger partial charge on any atom is 0.232 e. The average Bonchev–Trinajstić information content (AvgIpc) is 3.30. The Hall–Kier alpha value is -3.67. The number of hydrogen-bond acceptors (Lipinski definition) is 8. The van der Waals surface area contributed by atoms with Gasteiger partial charge in [0.15, 0.2) is 0 Å². The minimum Gasteiger partial charge on any atom is -0.392 e. The van der Waals surface area contributed by atoms with Gasteiger partial charge in [-0.2, -0.15) is 4.98 Å². The summed E-state index contributed by atoms with van der Waals surface area (Å²) < 4.78 is 27.6. The van der Waals surface area contributed by atoms with E-state index in [2.05, 4.69) is 32.2 Å². The lowest BCUT2D eigenvalue weighted by atomic mass is 10.2. The normalized spacial score (nSPS) is 15.4. The molecule has 0 aliphatic carbocycles. The van der Waals surface area contributed by atoms with E-state index in [1.807, 2.05) is 60.2 Å². The van der Waals surface area contributed by atoms with Gasteiger partial charge in [0, 0.05) is 68.9 Å². The number of fused-ring (bicyclic) bond motifs is 1. The quantitative estimate of drug-likeness (QED) is 0.328. The molecule has 1 atom stereocenters. The molecule has 11 heteroatoms. The number of anilines is 4. The first-order valence-electron chi connectivity index (χ1n) is 13.0. The number of para-hydroxylation sites is 1. The fourth-order valence-electron chi connectivity index (χ4n) is 4.92. The van der Waals surface area contributed by atoms with Crippen molar-refractivity contribution in [2.24, 2.45) is 0 Å². The van der Waals surface area contributed by atoms with E-state index in [4.69, 9.17) is 4.98 Å². The van der Waals surface area contributed by atoms with Crippen LogP contribution in [0.5, 0.6) is 0 Å². The van der Waals surface area contributed by atoms with Crippen LogP contribution in [-0.2, 0) is 16.6 Å². The number of hydrogen-bond donors (Lipinski definition) is 2. The van der Waals surface area contributed by atoms with Gasteiger partial charge in [0.05, 0.1) is 24.6 Å². The lowest BCUT2D eigenvalue weighted by Crippen LogP contribution is -2.48. The van der Waals surface area contributed by atoms with Crippen molar-refractivity contribution in [3.05, 3.63) is 72.6 Å². The molecule has 0 unspecified atom stereocenters. The molecule has 4 aromatic rings. The van der Waals surface area contributed by atoms with E-state index < -0.39 is 10.0 Å². The standard InChI is InChI=1S/C28H35N7O3S/c1-21(36)19-33-14-16-34(17-15-33)25-10-8-24(9-11-25)30-28-29-18-22-12-13-35(27(22)31-28)20-23-6-4-5-7-26(23)32(2)39(3,37)38/h4-13,18,21,36H,14-17,19-20H2,1-3H3,(H,29,30,31)/t21-/m0/s1. The number of rotatable bonds is 9. The van der Waals surface area contributed by atoms with Crippen molar-refractivity contribution in [3.63, 3.8) is 0 Å². The van der Waals surface area contributed by atoms with Crippen molar-refractivity contribution in [2.75, 3.05) is 60.5 Å². The summed E-state index contributed by atoms with van der Waals surface area (Å²) in [7, 11) is -1.82. The molecule has 39 heavy (non-hydrogen) atoms. The number of nitrogens with one attached hydrogen (secondary N) is 1. The monoisotopic (exact) mass is 549 g/mol. The molecule has 5 rings (SSSR count). The van der Waals surface area contributed by atoms with Crippen LogP contribution in [0.4, 0.5) is 23.0 Å². The van der Waals surface area contributed by atoms with Gasteiger partial charge in [0.2, 0.25) is 16.0 Å². The molecule has 1 saturated heterocycles. The number of aliphatic hydroxyl groups is 1. The van der Waals surface area contributed by atoms with E-state index in [-0.39, 0.29) is 6.10 Å². The van der Waals surface area contributed by atoms with Gasteiger partial charge >= 0.3 is 0 Å². The Morgan fingerprint density at radius 2 is 1.77 bits per heavy atom. The molecule has 1 aliphatic heterocycles. The van der Waals surface area contributed by atoms with Crippen molar-refractivity contribution >= 4 is 44.1 Å². The summed E-state index contributed by atoms with van der Waals surface area (Å²) in [5.41, 5.74) is 4.33. The zero-order valence-electron chi connectivity index (χ0n) is 22.5. The van der Waals surface area contributed by atoms with Crippen LogP contribution < -0.4 is 14.5 Å². The second-order valence-corrected chi connectivity index (χ2v) is 12.1. The predicted molar refractivity (Wildman–Crippen MR) is 156 cm³/mol. The first-order valence-corrected chi connectivity index (χ1v) is 14.9. The third-order valence-electron chi connectivity index (χ3n) is 7.05. The van der Waals surface area contributed by atoms with Crippen LogP contribution in [0.2, 0.25) is 0 Å². The number of piperazine rings is 1. The van der Waals surface area contributed by atoms with E-state index in [0.717, 1.165) is 48.5 Å². The SMILES string of the molecule is C[C@H](O)CN1CCN(c2ccc(Nc3ncc4ccn(Cc5ccccc5N(C)S(C)(=O)=O)c4n3)cc2)CC1. The van der Waals surface area contributed by atoms with Crippen molar-refractivity contribution in [3.8, 4) is 0 Å². The predicted octanol–water partition coefficient (Wildman–Crippen LogP) is 3.12. The summed E-state index contributed by atoms with van der Waals surface area (Å²) in [4.78, 5) is 13.9. The number of aliphatic hydroxyl groups excluding tert-OH is 1. The summed E-state index contributed by atoms with van der Waals surface area (Å²) in [6.45, 7) is 6.75. The van der Waals surface area contributed by atoms with Crippen molar-refractivity contribution in [1.29, 1.82) is 0 Å². The Bertz CT molecular complexity index is 1530. The average molecular weight is 550 g/mol. The molecule has 0 radical (unpaired) electrons. The zero-order chi connectivity index (χ0) is 27.6. The second-order valence-electron chi connectivity index (χ2n) is 10.1. The van der Waals surface area contributed by atoms with Gasteiger partial charge < -0.3 is 19.9 Å². The molecule has 0 amide bonds. The Kier molecular flexibility index (Phi) is 7.74. The fourth-order valence-corrected chi connectivity index (χ4v) is 5.45. The highest BCUT2D eigenvalue weighted by Gasteiger charge is 2.19. The first-order chi connectivity index (χ1) is 18.7. The Labute approximate surface area is 229 Å². The van der Waals surface area contributed by atoms with Gasteiger partial charge in [0.1, 0.15) is 5.65 Å². The molecule has 3 heterocycles. The van der Waals surface area contributed by atoms with Crippen LogP contribution in [0.25, 0.3) is 11.0 Å². The van der Waals surface area contributed by atoms with Crippen LogP contribution >= 0.6 is 0 Å². The summed E-state index contributed by atoms with van der Waals surface area (Å²) in [6, 6.07) is 17.7. The molecular weight excluding hydrogens is 514 g/mol. The molecule has 10 nitrogen and oxygen atoms in total. The zero-order valence-corrected chi connectivity index (χ0v) is 23.3. The van der Waals surface area contributed by atoms with Gasteiger partial charge in [-0.1, -0.05) is 18.2 Å². The van der Waals surface area contributed by atoms with Gasteiger partial charge in [0.25, 0.3) is 0 Å². The fraction of sp³-hybridized carbons (Fsp3) is 0.357. The van der Waals surface area contributed by atoms with Gasteiger partial charge in [-0.05, 0) is 48.9 Å². The molecular formula is C28H35N7O3S. The number of β-amino-alcohol motifs (C(OH)–C–C–N with tert-alkyl or cyclic N) is 1. The molecule has 1 aliphatic rings. The maximum absolute atomic E-state index is 12.2. The summed E-state index contributed by atoms with van der Waals surface area (Å²) in [6.07, 6.45) is 4.63. The number of aromatic nitrogens is 3. The largest absolute Gasteiger partial charge is 0.392 e. The van der Waals surface area contributed by atoms with E-state index in [0.29, 0.717) is 24.7 Å². The summed E-state index contributed by atoms with van der Waals surface area (Å²) in [5, 5.41) is 13.8. The van der Waals surface area contributed by atoms with Crippen LogP contribution in [0, 0.1) is 0 Å². The molecule has 1 fully saturated rings. The highest BCUT2D eigenvalue weighted by atomic mass is 32.2. The lowest BCUT2D eigenvalue weighted by Gasteiger charge is -2.36. The van der Waals surface area contributed by atoms with Crippen molar-refractivity contribution < 1.29 is 13.5 Å². The van der Waals surface area contributed by atoms with Crippen LogP contribution in [-0.4, -0.2) is 85.1 Å². The topological polar surface area (TPSA) is 107 Å². The first kappa shape index (κ1) is 26.9. The molecule has 2 aromatic carbocycles. The second kappa shape index (κ2) is 11.2. The van der Waals surface area contributed by atoms with E-state index >= 15 is 0 Å². The maximum atomic E-state index is 12.2. The van der Waals surface area contributed by atoms with E-state index in [9.17, 15) is 13.5 Å². The Morgan fingerprint density at radius 3 is 2.46 bits per heavy atom. The third kappa shape index (κ3) is 6.32. The minimum atomic E-state index is -3.38.